The molecule has 0 bridgehead atoms. The number of fused-ring (bicyclic) bond motifs is 1. The van der Waals surface area contributed by atoms with E-state index in [-0.39, 0.29) is 69.2 Å². The summed E-state index contributed by atoms with van der Waals surface area (Å²) in [6.07, 6.45) is 37.0. The Morgan fingerprint density at radius 3 is 1.56 bits per heavy atom. The number of allylic oxidation sites excluding steroid dienone is 2. The van der Waals surface area contributed by atoms with Crippen LogP contribution < -0.4 is 9.47 Å². The lowest BCUT2D eigenvalue weighted by Gasteiger charge is -2.20. The summed E-state index contributed by atoms with van der Waals surface area (Å²) in [6, 6.07) is 0. The first-order valence-corrected chi connectivity index (χ1v) is 29.8. The van der Waals surface area contributed by atoms with Crippen LogP contribution in [0.1, 0.15) is 274 Å². The van der Waals surface area contributed by atoms with Crippen LogP contribution in [0.15, 0.2) is 24.3 Å². The number of esters is 5. The number of hydrogen-bond acceptors (Lipinski definition) is 12. The van der Waals surface area contributed by atoms with Crippen LogP contribution in [0.25, 0.3) is 0 Å². The van der Waals surface area contributed by atoms with E-state index in [2.05, 4.69) is 20.4 Å². The van der Waals surface area contributed by atoms with Gasteiger partial charge in [-0.05, 0) is 70.8 Å². The molecule has 0 amide bonds. The molecule has 1 aromatic carbocycles. The lowest BCUT2D eigenvalue weighted by Crippen LogP contribution is -2.31. The Bertz CT molecular complexity index is 1760. The first-order chi connectivity index (χ1) is 36.3. The van der Waals surface area contributed by atoms with Gasteiger partial charge in [0.25, 0.3) is 0 Å². The summed E-state index contributed by atoms with van der Waals surface area (Å²) in [6.45, 7) is 15.9. The zero-order chi connectivity index (χ0) is 54.9. The molecular formula is C63H104O12. The van der Waals surface area contributed by atoms with Crippen LogP contribution in [0.2, 0.25) is 0 Å². The fourth-order valence-corrected chi connectivity index (χ4v) is 9.68. The van der Waals surface area contributed by atoms with Crippen LogP contribution in [0.4, 0.5) is 0 Å². The second-order valence-electron chi connectivity index (χ2n) is 21.4. The maximum Gasteiger partial charge on any atom is 0.342 e. The molecule has 1 aliphatic heterocycles. The standard InChI is InChI=1S/C63H104O12/c1-9-12-14-16-18-20-22-24-26-28-30-32-34-36-56(64)71-46-53(47-72-57(65)37-35-33-31-29-27-25-23-21-19-17-15-13-10-2)75-59(67)45-50(5)38-41-51(6)74-58(66)43-40-49(4)39-42-54-61(69-8)52(7)55-48-73-63(68)60(55)62(54)70-44-11-3/h11,39,50-51,53H,3,9-10,12-38,40-48H2,1-2,4-8H3/b49-39+. The van der Waals surface area contributed by atoms with Crippen molar-refractivity contribution in [2.75, 3.05) is 26.9 Å². The molecule has 0 spiro atoms. The molecule has 12 heteroatoms. The number of carbonyl (C=O) groups is 5. The number of methoxy groups -OCH3 is 1. The number of hydrogen-bond donors (Lipinski definition) is 0. The molecule has 428 valence electrons. The zero-order valence-electron chi connectivity index (χ0n) is 48.4. The summed E-state index contributed by atoms with van der Waals surface area (Å²) in [5.41, 5.74) is 3.71. The topological polar surface area (TPSA) is 150 Å². The van der Waals surface area contributed by atoms with Gasteiger partial charge in [0.2, 0.25) is 0 Å². The lowest BCUT2D eigenvalue weighted by atomic mass is 9.94. The molecule has 2 unspecified atom stereocenters. The Morgan fingerprint density at radius 1 is 0.613 bits per heavy atom. The van der Waals surface area contributed by atoms with E-state index < -0.39 is 18.0 Å². The van der Waals surface area contributed by atoms with Gasteiger partial charge >= 0.3 is 29.8 Å². The van der Waals surface area contributed by atoms with Gasteiger partial charge in [0, 0.05) is 36.8 Å². The molecular weight excluding hydrogens is 949 g/mol. The summed E-state index contributed by atoms with van der Waals surface area (Å²) in [4.78, 5) is 64.4. The van der Waals surface area contributed by atoms with E-state index in [9.17, 15) is 24.0 Å². The van der Waals surface area contributed by atoms with Crippen molar-refractivity contribution < 1.29 is 57.1 Å². The second-order valence-corrected chi connectivity index (χ2v) is 21.4. The van der Waals surface area contributed by atoms with Crippen molar-refractivity contribution in [3.8, 4) is 11.5 Å². The number of benzene rings is 1. The molecule has 75 heavy (non-hydrogen) atoms. The molecule has 0 saturated heterocycles. The summed E-state index contributed by atoms with van der Waals surface area (Å²) >= 11 is 0. The smallest absolute Gasteiger partial charge is 0.342 e. The van der Waals surface area contributed by atoms with Gasteiger partial charge in [0.05, 0.1) is 13.2 Å². The minimum atomic E-state index is -0.903. The highest BCUT2D eigenvalue weighted by Gasteiger charge is 2.33. The second kappa shape index (κ2) is 42.7. The quantitative estimate of drug-likeness (QED) is 0.0264. The Morgan fingerprint density at radius 2 is 1.09 bits per heavy atom. The average molecular weight is 1050 g/mol. The van der Waals surface area contributed by atoms with Crippen molar-refractivity contribution in [1.82, 2.24) is 0 Å². The summed E-state index contributed by atoms with van der Waals surface area (Å²) in [5, 5.41) is 0. The molecule has 0 radical (unpaired) electrons. The third-order valence-corrected chi connectivity index (χ3v) is 14.4. The van der Waals surface area contributed by atoms with Crippen LogP contribution in [0.5, 0.6) is 11.5 Å². The minimum Gasteiger partial charge on any atom is -0.496 e. The monoisotopic (exact) mass is 1050 g/mol. The van der Waals surface area contributed by atoms with Crippen molar-refractivity contribution >= 4 is 29.8 Å². The van der Waals surface area contributed by atoms with Gasteiger partial charge in [-0.3, -0.25) is 19.2 Å². The van der Waals surface area contributed by atoms with Gasteiger partial charge in [-0.1, -0.05) is 199 Å². The zero-order valence-corrected chi connectivity index (χ0v) is 48.4. The molecule has 1 aliphatic rings. The molecule has 1 aromatic rings. The fraction of sp³-hybridized carbons (Fsp3) is 0.762. The number of rotatable bonds is 48. The first-order valence-electron chi connectivity index (χ1n) is 29.8. The number of cyclic esters (lactones) is 1. The highest BCUT2D eigenvalue weighted by atomic mass is 16.6. The van der Waals surface area contributed by atoms with Crippen LogP contribution >= 0.6 is 0 Å². The molecule has 0 aromatic heterocycles. The summed E-state index contributed by atoms with van der Waals surface area (Å²) in [5.74, 6) is -0.908. The van der Waals surface area contributed by atoms with E-state index in [0.717, 1.165) is 60.8 Å². The normalized spacial score (nSPS) is 13.0. The molecule has 0 N–H and O–H groups in total. The third kappa shape index (κ3) is 30.8. The number of ether oxygens (including phenoxy) is 7. The van der Waals surface area contributed by atoms with Gasteiger partial charge in [-0.2, -0.15) is 0 Å². The SMILES string of the molecule is C=CCOc1c(C/C=C(\C)CCC(=O)OC(C)CCC(C)CC(=O)OC(COC(=O)CCCCCCCCCCCCCCC)COC(=O)CCCCCCCCCCCCCCC)c(OC)c(C)c2c1C(=O)OC2. The lowest BCUT2D eigenvalue weighted by molar-refractivity contribution is -0.167. The Hall–Kier alpha value is -4.35. The van der Waals surface area contributed by atoms with Crippen molar-refractivity contribution in [2.24, 2.45) is 5.92 Å². The van der Waals surface area contributed by atoms with Crippen LogP contribution in [0, 0.1) is 12.8 Å². The average Bonchev–Trinajstić information content (AvgIpc) is 3.78. The predicted molar refractivity (Wildman–Crippen MR) is 300 cm³/mol. The number of carbonyl (C=O) groups excluding carboxylic acids is 5. The van der Waals surface area contributed by atoms with Crippen molar-refractivity contribution in [3.05, 3.63) is 46.6 Å². The highest BCUT2D eigenvalue weighted by molar-refractivity contribution is 5.98. The molecule has 12 nitrogen and oxygen atoms in total. The fourth-order valence-electron chi connectivity index (χ4n) is 9.68. The first kappa shape index (κ1) is 66.8. The molecule has 2 rings (SSSR count). The van der Waals surface area contributed by atoms with E-state index in [4.69, 9.17) is 33.2 Å². The maximum absolute atomic E-state index is 13.2. The van der Waals surface area contributed by atoms with Gasteiger partial charge in [-0.15, -0.1) is 0 Å². The van der Waals surface area contributed by atoms with Gasteiger partial charge in [-0.25, -0.2) is 4.79 Å². The van der Waals surface area contributed by atoms with E-state index in [1.807, 2.05) is 33.8 Å². The highest BCUT2D eigenvalue weighted by Crippen LogP contribution is 2.43. The van der Waals surface area contributed by atoms with Gasteiger partial charge in [0.15, 0.2) is 6.10 Å². The predicted octanol–water partition coefficient (Wildman–Crippen LogP) is 16.2. The molecule has 1 heterocycles. The Kier molecular flexibility index (Phi) is 38.0. The van der Waals surface area contributed by atoms with Crippen LogP contribution in [-0.4, -0.2) is 69.0 Å². The molecule has 0 saturated carbocycles. The van der Waals surface area contributed by atoms with E-state index in [1.54, 1.807) is 13.2 Å². The van der Waals surface area contributed by atoms with Gasteiger partial charge in [0.1, 0.15) is 43.5 Å². The molecule has 0 fully saturated rings. The minimum absolute atomic E-state index is 0.0808. The van der Waals surface area contributed by atoms with Gasteiger partial charge < -0.3 is 33.2 Å². The number of unbranched alkanes of at least 4 members (excludes halogenated alkanes) is 24. The van der Waals surface area contributed by atoms with Crippen LogP contribution in [0.3, 0.4) is 0 Å². The Balaban J connectivity index is 1.80. The van der Waals surface area contributed by atoms with Crippen molar-refractivity contribution in [1.29, 1.82) is 0 Å². The summed E-state index contributed by atoms with van der Waals surface area (Å²) in [7, 11) is 1.59. The van der Waals surface area contributed by atoms with E-state index in [1.165, 1.54) is 128 Å². The molecule has 2 atom stereocenters. The third-order valence-electron chi connectivity index (χ3n) is 14.4. The summed E-state index contributed by atoms with van der Waals surface area (Å²) < 4.78 is 39.8. The van der Waals surface area contributed by atoms with Crippen molar-refractivity contribution in [3.63, 3.8) is 0 Å². The van der Waals surface area contributed by atoms with E-state index in [0.29, 0.717) is 55.6 Å². The van der Waals surface area contributed by atoms with Crippen molar-refractivity contribution in [2.45, 2.75) is 279 Å². The largest absolute Gasteiger partial charge is 0.496 e. The maximum atomic E-state index is 13.2. The molecule has 0 aliphatic carbocycles. The van der Waals surface area contributed by atoms with E-state index >= 15 is 0 Å². The van der Waals surface area contributed by atoms with Crippen LogP contribution in [-0.2, 0) is 55.9 Å². The Labute approximate surface area is 454 Å².